The molecule has 15 heavy (non-hydrogen) atoms. The van der Waals surface area contributed by atoms with Crippen LogP contribution in [0.1, 0.15) is 6.92 Å². The fourth-order valence-electron chi connectivity index (χ4n) is 1.47. The number of thioether (sulfide) groups is 1. The molecule has 1 aliphatic heterocycles. The van der Waals surface area contributed by atoms with Gasteiger partial charge in [0.25, 0.3) is 0 Å². The highest BCUT2D eigenvalue weighted by Gasteiger charge is 2.14. The van der Waals surface area contributed by atoms with Crippen LogP contribution in [0.5, 0.6) is 0 Å². The summed E-state index contributed by atoms with van der Waals surface area (Å²) in [6.07, 6.45) is 0. The second-order valence-corrected chi connectivity index (χ2v) is 4.73. The zero-order valence-corrected chi connectivity index (χ0v) is 10.2. The Balaban J connectivity index is 2.51. The fourth-order valence-corrected chi connectivity index (χ4v) is 2.38. The number of hydrazine groups is 1. The fraction of sp³-hybridized carbons (Fsp3) is 0.889. The van der Waals surface area contributed by atoms with Crippen LogP contribution in [-0.2, 0) is 4.74 Å². The van der Waals surface area contributed by atoms with Crippen LogP contribution in [0.2, 0.25) is 0 Å². The summed E-state index contributed by atoms with van der Waals surface area (Å²) in [7, 11) is 1.68. The SMILES string of the molecule is COCC(C)N=C(NN)N1CCSCC1. The minimum atomic E-state index is 0.135. The van der Waals surface area contributed by atoms with Crippen molar-refractivity contribution in [3.05, 3.63) is 0 Å². The molecule has 6 heteroatoms. The Bertz CT molecular complexity index is 206. The van der Waals surface area contributed by atoms with E-state index in [0.29, 0.717) is 6.61 Å². The van der Waals surface area contributed by atoms with Gasteiger partial charge in [-0.15, -0.1) is 0 Å². The smallest absolute Gasteiger partial charge is 0.208 e. The van der Waals surface area contributed by atoms with Crippen molar-refractivity contribution in [1.29, 1.82) is 0 Å². The molecule has 1 atom stereocenters. The number of nitrogens with zero attached hydrogens (tertiary/aromatic N) is 2. The van der Waals surface area contributed by atoms with E-state index >= 15 is 0 Å². The lowest BCUT2D eigenvalue weighted by molar-refractivity contribution is 0.185. The van der Waals surface area contributed by atoms with E-state index in [-0.39, 0.29) is 6.04 Å². The Kier molecular flexibility index (Phi) is 5.82. The van der Waals surface area contributed by atoms with E-state index < -0.39 is 0 Å². The quantitative estimate of drug-likeness (QED) is 0.308. The number of hydrogen-bond donors (Lipinski definition) is 2. The number of rotatable bonds is 3. The van der Waals surface area contributed by atoms with E-state index in [9.17, 15) is 0 Å². The number of hydrogen-bond acceptors (Lipinski definition) is 4. The molecule has 88 valence electrons. The molecule has 0 aromatic carbocycles. The summed E-state index contributed by atoms with van der Waals surface area (Å²) in [5.74, 6) is 8.53. The number of aliphatic imine (C=N–C) groups is 1. The first-order valence-electron chi connectivity index (χ1n) is 5.14. The third-order valence-electron chi connectivity index (χ3n) is 2.19. The summed E-state index contributed by atoms with van der Waals surface area (Å²) in [5, 5.41) is 0. The van der Waals surface area contributed by atoms with Gasteiger partial charge in [0.15, 0.2) is 0 Å². The molecule has 1 heterocycles. The van der Waals surface area contributed by atoms with Crippen LogP contribution in [0.3, 0.4) is 0 Å². The predicted octanol–water partition coefficient (Wildman–Crippen LogP) is -0.111. The van der Waals surface area contributed by atoms with Crippen molar-refractivity contribution >= 4 is 17.7 Å². The van der Waals surface area contributed by atoms with Crippen LogP contribution in [0.15, 0.2) is 4.99 Å². The molecule has 0 bridgehead atoms. The maximum Gasteiger partial charge on any atom is 0.208 e. The molecule has 0 saturated carbocycles. The second-order valence-electron chi connectivity index (χ2n) is 3.50. The lowest BCUT2D eigenvalue weighted by atomic mass is 10.4. The number of nitrogens with two attached hydrogens (primary N) is 1. The molecule has 3 N–H and O–H groups in total. The molecule has 0 amide bonds. The third kappa shape index (κ3) is 4.27. The van der Waals surface area contributed by atoms with Crippen molar-refractivity contribution in [2.45, 2.75) is 13.0 Å². The maximum absolute atomic E-state index is 5.48. The molecule has 1 unspecified atom stereocenters. The van der Waals surface area contributed by atoms with Gasteiger partial charge in [-0.3, -0.25) is 5.43 Å². The van der Waals surface area contributed by atoms with Crippen molar-refractivity contribution in [3.63, 3.8) is 0 Å². The van der Waals surface area contributed by atoms with E-state index in [0.717, 1.165) is 30.6 Å². The van der Waals surface area contributed by atoms with E-state index in [1.54, 1.807) is 7.11 Å². The van der Waals surface area contributed by atoms with Gasteiger partial charge in [-0.25, -0.2) is 10.8 Å². The second kappa shape index (κ2) is 6.92. The molecule has 0 aromatic rings. The predicted molar refractivity (Wildman–Crippen MR) is 65.0 cm³/mol. The first-order valence-corrected chi connectivity index (χ1v) is 6.29. The molecule has 1 rings (SSSR count). The average Bonchev–Trinajstić information content (AvgIpc) is 2.27. The molecule has 0 aromatic heterocycles. The highest BCUT2D eigenvalue weighted by molar-refractivity contribution is 7.99. The Hall–Kier alpha value is -0.460. The molecule has 0 spiro atoms. The highest BCUT2D eigenvalue weighted by atomic mass is 32.2. The Morgan fingerprint density at radius 2 is 2.27 bits per heavy atom. The van der Waals surface area contributed by atoms with Gasteiger partial charge in [-0.05, 0) is 6.92 Å². The van der Waals surface area contributed by atoms with Crippen LogP contribution in [0.4, 0.5) is 0 Å². The summed E-state index contributed by atoms with van der Waals surface area (Å²) >= 11 is 1.97. The standard InChI is InChI=1S/C9H20N4OS/c1-8(7-14-2)11-9(12-10)13-3-5-15-6-4-13/h8H,3-7,10H2,1-2H3,(H,11,12). The van der Waals surface area contributed by atoms with Crippen LogP contribution in [0.25, 0.3) is 0 Å². The van der Waals surface area contributed by atoms with Gasteiger partial charge in [0.2, 0.25) is 5.96 Å². The monoisotopic (exact) mass is 232 g/mol. The molecule has 5 nitrogen and oxygen atoms in total. The topological polar surface area (TPSA) is 62.9 Å². The number of nitrogens with one attached hydrogen (secondary N) is 1. The van der Waals surface area contributed by atoms with E-state index in [1.165, 1.54) is 0 Å². The lowest BCUT2D eigenvalue weighted by Crippen LogP contribution is -2.48. The summed E-state index contributed by atoms with van der Waals surface area (Å²) in [6.45, 7) is 4.65. The number of methoxy groups -OCH3 is 1. The molecule has 0 radical (unpaired) electrons. The highest BCUT2D eigenvalue weighted by Crippen LogP contribution is 2.09. The van der Waals surface area contributed by atoms with E-state index in [2.05, 4.69) is 15.3 Å². The van der Waals surface area contributed by atoms with Gasteiger partial charge in [0.05, 0.1) is 12.6 Å². The Labute approximate surface area is 95.4 Å². The van der Waals surface area contributed by atoms with Crippen LogP contribution >= 0.6 is 11.8 Å². The van der Waals surface area contributed by atoms with Crippen molar-refractivity contribution in [1.82, 2.24) is 10.3 Å². The summed E-state index contributed by atoms with van der Waals surface area (Å²) in [4.78, 5) is 6.66. The van der Waals surface area contributed by atoms with Gasteiger partial charge < -0.3 is 9.64 Å². The number of guanidine groups is 1. The van der Waals surface area contributed by atoms with Crippen molar-refractivity contribution in [2.24, 2.45) is 10.8 Å². The van der Waals surface area contributed by atoms with Gasteiger partial charge in [0, 0.05) is 31.7 Å². The molecule has 1 aliphatic rings. The zero-order valence-electron chi connectivity index (χ0n) is 9.40. The Morgan fingerprint density at radius 3 is 2.80 bits per heavy atom. The van der Waals surface area contributed by atoms with E-state index in [1.807, 2.05) is 18.7 Å². The third-order valence-corrected chi connectivity index (χ3v) is 3.13. The zero-order chi connectivity index (χ0) is 11.1. The first-order chi connectivity index (χ1) is 7.27. The van der Waals surface area contributed by atoms with Crippen molar-refractivity contribution in [3.8, 4) is 0 Å². The molecule has 1 saturated heterocycles. The maximum atomic E-state index is 5.48. The normalized spacial score (nSPS) is 20.2. The lowest BCUT2D eigenvalue weighted by Gasteiger charge is -2.29. The Morgan fingerprint density at radius 1 is 1.60 bits per heavy atom. The van der Waals surface area contributed by atoms with Crippen LogP contribution < -0.4 is 11.3 Å². The first kappa shape index (κ1) is 12.6. The summed E-state index contributed by atoms with van der Waals surface area (Å²) < 4.78 is 5.04. The van der Waals surface area contributed by atoms with Gasteiger partial charge in [-0.1, -0.05) is 0 Å². The molecular weight excluding hydrogens is 212 g/mol. The minimum Gasteiger partial charge on any atom is -0.382 e. The van der Waals surface area contributed by atoms with Gasteiger partial charge in [-0.2, -0.15) is 11.8 Å². The molecule has 1 fully saturated rings. The average molecular weight is 232 g/mol. The minimum absolute atomic E-state index is 0.135. The van der Waals surface area contributed by atoms with Crippen LogP contribution in [0, 0.1) is 0 Å². The van der Waals surface area contributed by atoms with Gasteiger partial charge >= 0.3 is 0 Å². The van der Waals surface area contributed by atoms with E-state index in [4.69, 9.17) is 10.6 Å². The van der Waals surface area contributed by atoms with Crippen molar-refractivity contribution < 1.29 is 4.74 Å². The summed E-state index contributed by atoms with van der Waals surface area (Å²) in [6, 6.07) is 0.135. The van der Waals surface area contributed by atoms with Crippen LogP contribution in [-0.4, -0.2) is 55.2 Å². The van der Waals surface area contributed by atoms with Crippen molar-refractivity contribution in [2.75, 3.05) is 38.3 Å². The van der Waals surface area contributed by atoms with Gasteiger partial charge in [0.1, 0.15) is 0 Å². The largest absolute Gasteiger partial charge is 0.382 e. The number of ether oxygens (including phenoxy) is 1. The molecule has 0 aliphatic carbocycles. The molecular formula is C9H20N4OS. The summed E-state index contributed by atoms with van der Waals surface area (Å²) in [5.41, 5.74) is 2.67.